The number of likely N-dealkylation sites (N-methyl/N-ethyl adjacent to an activating group) is 1. The number of carbonyl (C=O) groups is 1. The van der Waals surface area contributed by atoms with Crippen LogP contribution in [0.5, 0.6) is 5.75 Å². The average Bonchev–Trinajstić information content (AvgIpc) is 3.63. The number of amides is 1. The second kappa shape index (κ2) is 6.31. The molecular formula is C22H26N6O2. The van der Waals surface area contributed by atoms with E-state index in [0.717, 1.165) is 35.4 Å². The molecule has 1 spiro atoms. The van der Waals surface area contributed by atoms with Crippen molar-refractivity contribution in [3.8, 4) is 17.0 Å². The Labute approximate surface area is 174 Å². The Morgan fingerprint density at radius 3 is 2.87 bits per heavy atom. The van der Waals surface area contributed by atoms with Gasteiger partial charge in [0.2, 0.25) is 5.91 Å². The number of likely N-dealkylation sites (tertiary alicyclic amines) is 1. The lowest BCUT2D eigenvalue weighted by Gasteiger charge is -2.46. The van der Waals surface area contributed by atoms with E-state index in [1.54, 1.807) is 10.7 Å². The van der Waals surface area contributed by atoms with Crippen LogP contribution in [0.1, 0.15) is 25.7 Å². The van der Waals surface area contributed by atoms with Crippen LogP contribution in [0.4, 0.5) is 5.82 Å². The van der Waals surface area contributed by atoms with Crippen molar-refractivity contribution in [2.45, 2.75) is 31.7 Å². The van der Waals surface area contributed by atoms with Gasteiger partial charge in [-0.3, -0.25) is 14.4 Å². The molecule has 1 N–H and O–H groups in total. The van der Waals surface area contributed by atoms with E-state index < -0.39 is 0 Å². The molecular weight excluding hydrogens is 380 g/mol. The lowest BCUT2D eigenvalue weighted by molar-refractivity contribution is -0.117. The largest absolute Gasteiger partial charge is 0.488 e. The molecule has 30 heavy (non-hydrogen) atoms. The fourth-order valence-electron chi connectivity index (χ4n) is 4.82. The zero-order valence-electron chi connectivity index (χ0n) is 17.3. The number of nitrogens with zero attached hydrogens (tertiary/aromatic N) is 5. The van der Waals surface area contributed by atoms with Crippen molar-refractivity contribution in [2.75, 3.05) is 25.5 Å². The smallest absolute Gasteiger partial charge is 0.228 e. The summed E-state index contributed by atoms with van der Waals surface area (Å²) in [4.78, 5) is 14.4. The molecule has 156 valence electrons. The van der Waals surface area contributed by atoms with Crippen molar-refractivity contribution in [2.24, 2.45) is 18.4 Å². The van der Waals surface area contributed by atoms with Crippen LogP contribution in [0.25, 0.3) is 16.8 Å². The zero-order valence-corrected chi connectivity index (χ0v) is 17.3. The summed E-state index contributed by atoms with van der Waals surface area (Å²) in [6, 6.07) is 6.47. The number of hydrogen-bond acceptors (Lipinski definition) is 5. The lowest BCUT2D eigenvalue weighted by Crippen LogP contribution is -2.58. The maximum absolute atomic E-state index is 12.0. The van der Waals surface area contributed by atoms with Crippen molar-refractivity contribution in [1.82, 2.24) is 24.3 Å². The summed E-state index contributed by atoms with van der Waals surface area (Å²) >= 11 is 0. The van der Waals surface area contributed by atoms with E-state index >= 15 is 0 Å². The first-order chi connectivity index (χ1) is 14.5. The molecule has 6 rings (SSSR count). The Bertz CT molecular complexity index is 1140. The normalized spacial score (nSPS) is 22.3. The van der Waals surface area contributed by atoms with Crippen LogP contribution in [0.2, 0.25) is 0 Å². The highest BCUT2D eigenvalue weighted by Crippen LogP contribution is 2.57. The molecule has 1 unspecified atom stereocenters. The molecule has 4 heterocycles. The molecule has 0 bridgehead atoms. The summed E-state index contributed by atoms with van der Waals surface area (Å²) in [6.45, 7) is 1.89. The number of aromatic nitrogens is 4. The van der Waals surface area contributed by atoms with Gasteiger partial charge >= 0.3 is 0 Å². The number of hydrogen-bond donors (Lipinski definition) is 1. The molecule has 1 saturated heterocycles. The van der Waals surface area contributed by atoms with Crippen LogP contribution >= 0.6 is 0 Å². The van der Waals surface area contributed by atoms with Crippen molar-refractivity contribution in [3.05, 3.63) is 30.6 Å². The quantitative estimate of drug-likeness (QED) is 0.681. The maximum Gasteiger partial charge on any atom is 0.228 e. The van der Waals surface area contributed by atoms with Gasteiger partial charge in [-0.2, -0.15) is 10.2 Å². The number of nitrogens with one attached hydrogen (secondary N) is 1. The molecule has 1 aliphatic heterocycles. The Morgan fingerprint density at radius 1 is 1.30 bits per heavy atom. The topological polar surface area (TPSA) is 76.7 Å². The van der Waals surface area contributed by atoms with E-state index in [-0.39, 0.29) is 11.8 Å². The number of aryl methyl sites for hydroxylation is 1. The van der Waals surface area contributed by atoms with Crippen LogP contribution in [-0.2, 0) is 11.8 Å². The molecule has 3 aliphatic rings. The standard InChI is InChI=1S/C22H26N6O2/c1-26-13-22(6-7-22)18(26)12-30-17-11-23-27(2)20(17)15-5-8-28-16(9-15)10-19(25-28)24-21(29)14-3-4-14/h5,8-11,14,18H,3-4,6-7,12-13H2,1-2H3,(H,24,25,29). The van der Waals surface area contributed by atoms with Gasteiger partial charge < -0.3 is 10.1 Å². The van der Waals surface area contributed by atoms with E-state index in [9.17, 15) is 4.79 Å². The van der Waals surface area contributed by atoms with Gasteiger partial charge in [0, 0.05) is 42.8 Å². The second-order valence-electron chi connectivity index (χ2n) is 9.16. The van der Waals surface area contributed by atoms with Gasteiger partial charge in [0.25, 0.3) is 0 Å². The van der Waals surface area contributed by atoms with Crippen LogP contribution in [-0.4, -0.2) is 56.4 Å². The van der Waals surface area contributed by atoms with Gasteiger partial charge in [-0.25, -0.2) is 4.52 Å². The molecule has 3 fully saturated rings. The molecule has 8 nitrogen and oxygen atoms in total. The average molecular weight is 406 g/mol. The second-order valence-corrected chi connectivity index (χ2v) is 9.16. The molecule has 8 heteroatoms. The first kappa shape index (κ1) is 17.9. The maximum atomic E-state index is 12.0. The number of pyridine rings is 1. The fourth-order valence-corrected chi connectivity index (χ4v) is 4.82. The van der Waals surface area contributed by atoms with Crippen molar-refractivity contribution in [3.63, 3.8) is 0 Å². The number of ether oxygens (including phenoxy) is 1. The Kier molecular flexibility index (Phi) is 3.78. The Balaban J connectivity index is 1.24. The van der Waals surface area contributed by atoms with Crippen LogP contribution in [0.15, 0.2) is 30.6 Å². The lowest BCUT2D eigenvalue weighted by atomic mass is 9.86. The van der Waals surface area contributed by atoms with Gasteiger partial charge in [-0.05, 0) is 44.9 Å². The van der Waals surface area contributed by atoms with E-state index in [1.165, 1.54) is 19.4 Å². The molecule has 2 aliphatic carbocycles. The van der Waals surface area contributed by atoms with Gasteiger partial charge in [-0.15, -0.1) is 0 Å². The third kappa shape index (κ3) is 2.89. The number of fused-ring (bicyclic) bond motifs is 1. The number of rotatable bonds is 6. The summed E-state index contributed by atoms with van der Waals surface area (Å²) in [5.74, 6) is 1.62. The molecule has 0 aromatic carbocycles. The van der Waals surface area contributed by atoms with Crippen LogP contribution in [0, 0.1) is 11.3 Å². The third-order valence-corrected chi connectivity index (χ3v) is 6.93. The fraction of sp³-hybridized carbons (Fsp3) is 0.500. The summed E-state index contributed by atoms with van der Waals surface area (Å²) in [5.41, 5.74) is 3.39. The molecule has 1 amide bonds. The van der Waals surface area contributed by atoms with Crippen LogP contribution in [0.3, 0.4) is 0 Å². The Morgan fingerprint density at radius 2 is 2.13 bits per heavy atom. The molecule has 2 saturated carbocycles. The molecule has 3 aromatic rings. The highest BCUT2D eigenvalue weighted by molar-refractivity contribution is 5.93. The van der Waals surface area contributed by atoms with Crippen molar-refractivity contribution < 1.29 is 9.53 Å². The van der Waals surface area contributed by atoms with Gasteiger partial charge in [-0.1, -0.05) is 0 Å². The predicted molar refractivity (Wildman–Crippen MR) is 112 cm³/mol. The van der Waals surface area contributed by atoms with Gasteiger partial charge in [0.15, 0.2) is 11.6 Å². The van der Waals surface area contributed by atoms with E-state index in [1.807, 2.05) is 30.1 Å². The van der Waals surface area contributed by atoms with E-state index in [0.29, 0.717) is 23.9 Å². The van der Waals surface area contributed by atoms with Gasteiger partial charge in [0.05, 0.1) is 17.8 Å². The number of anilines is 1. The monoisotopic (exact) mass is 406 g/mol. The minimum absolute atomic E-state index is 0.0651. The summed E-state index contributed by atoms with van der Waals surface area (Å²) in [6.07, 6.45) is 8.31. The highest BCUT2D eigenvalue weighted by Gasteiger charge is 2.59. The van der Waals surface area contributed by atoms with E-state index in [4.69, 9.17) is 4.74 Å². The predicted octanol–water partition coefficient (Wildman–Crippen LogP) is 2.56. The van der Waals surface area contributed by atoms with E-state index in [2.05, 4.69) is 33.5 Å². The van der Waals surface area contributed by atoms with Crippen LogP contribution < -0.4 is 10.1 Å². The SMILES string of the molecule is CN1CC2(CC2)C1COc1cnn(C)c1-c1ccn2nc(NC(=O)C3CC3)cc2c1. The highest BCUT2D eigenvalue weighted by atomic mass is 16.5. The zero-order chi connectivity index (χ0) is 20.5. The number of carbonyl (C=O) groups excluding carboxylic acids is 1. The molecule has 0 radical (unpaired) electrons. The first-order valence-corrected chi connectivity index (χ1v) is 10.7. The Hall–Kier alpha value is -2.87. The van der Waals surface area contributed by atoms with Crippen molar-refractivity contribution >= 4 is 17.2 Å². The minimum atomic E-state index is 0.0651. The molecule has 3 aromatic heterocycles. The molecule has 1 atom stereocenters. The third-order valence-electron chi connectivity index (χ3n) is 6.93. The van der Waals surface area contributed by atoms with Crippen molar-refractivity contribution in [1.29, 1.82) is 0 Å². The summed E-state index contributed by atoms with van der Waals surface area (Å²) < 4.78 is 9.89. The minimum Gasteiger partial charge on any atom is -0.488 e. The van der Waals surface area contributed by atoms with Gasteiger partial charge in [0.1, 0.15) is 12.3 Å². The summed E-state index contributed by atoms with van der Waals surface area (Å²) in [5, 5.41) is 11.8. The first-order valence-electron chi connectivity index (χ1n) is 10.7. The summed E-state index contributed by atoms with van der Waals surface area (Å²) in [7, 11) is 4.11.